The Hall–Kier alpha value is -3.49. The molecule has 0 saturated carbocycles. The molecule has 1 N–H and O–H groups in total. The van der Waals surface area contributed by atoms with Gasteiger partial charge in [0.15, 0.2) is 11.5 Å². The van der Waals surface area contributed by atoms with Crippen molar-refractivity contribution in [3.05, 3.63) is 53.6 Å². The second kappa shape index (κ2) is 6.43. The van der Waals surface area contributed by atoms with E-state index in [-0.39, 0.29) is 11.6 Å². The van der Waals surface area contributed by atoms with Gasteiger partial charge < -0.3 is 9.64 Å². The van der Waals surface area contributed by atoms with E-state index >= 15 is 0 Å². The van der Waals surface area contributed by atoms with Gasteiger partial charge >= 0.3 is 5.97 Å². The van der Waals surface area contributed by atoms with E-state index in [9.17, 15) is 9.59 Å². The summed E-state index contributed by atoms with van der Waals surface area (Å²) in [5.74, 6) is -0.0477. The molecule has 0 radical (unpaired) electrons. The summed E-state index contributed by atoms with van der Waals surface area (Å²) in [7, 11) is 1.32. The number of esters is 1. The summed E-state index contributed by atoms with van der Waals surface area (Å²) < 4.78 is 6.44. The highest BCUT2D eigenvalue weighted by Gasteiger charge is 2.26. The highest BCUT2D eigenvalue weighted by Crippen LogP contribution is 2.23. The van der Waals surface area contributed by atoms with Crippen molar-refractivity contribution in [2.24, 2.45) is 0 Å². The van der Waals surface area contributed by atoms with Gasteiger partial charge in [-0.05, 0) is 12.1 Å². The number of carbonyl (C=O) groups is 2. The van der Waals surface area contributed by atoms with Gasteiger partial charge in [0, 0.05) is 12.1 Å². The van der Waals surface area contributed by atoms with Crippen LogP contribution in [0.1, 0.15) is 26.5 Å². The van der Waals surface area contributed by atoms with Crippen LogP contribution >= 0.6 is 0 Å². The van der Waals surface area contributed by atoms with Gasteiger partial charge in [0.1, 0.15) is 6.33 Å². The number of nitrogens with one attached hydrogen (secondary N) is 1. The first kappa shape index (κ1) is 16.0. The number of amides is 1. The number of aromatic nitrogens is 5. The molecular weight excluding hydrogens is 336 g/mol. The summed E-state index contributed by atoms with van der Waals surface area (Å²) in [5.41, 5.74) is 2.29. The second-order valence-electron chi connectivity index (χ2n) is 5.84. The fraction of sp³-hybridized carbons (Fsp3) is 0.235. The van der Waals surface area contributed by atoms with Crippen molar-refractivity contribution in [1.29, 1.82) is 0 Å². The Morgan fingerprint density at radius 1 is 1.23 bits per heavy atom. The third kappa shape index (κ3) is 2.73. The van der Waals surface area contributed by atoms with Crippen LogP contribution in [0.4, 0.5) is 0 Å². The fourth-order valence-electron chi connectivity index (χ4n) is 3.03. The Kier molecular flexibility index (Phi) is 3.96. The normalized spacial score (nSPS) is 13.3. The number of carbonyl (C=O) groups excluding carboxylic acids is 2. The topological polar surface area (TPSA) is 106 Å². The van der Waals surface area contributed by atoms with Crippen LogP contribution in [0.3, 0.4) is 0 Å². The van der Waals surface area contributed by atoms with Crippen LogP contribution in [-0.4, -0.2) is 55.4 Å². The third-order valence-corrected chi connectivity index (χ3v) is 4.31. The van der Waals surface area contributed by atoms with Crippen LogP contribution in [-0.2, 0) is 17.8 Å². The number of rotatable bonds is 3. The van der Waals surface area contributed by atoms with Gasteiger partial charge in [0.25, 0.3) is 5.91 Å². The molecule has 1 aliphatic rings. The van der Waals surface area contributed by atoms with E-state index in [0.29, 0.717) is 36.6 Å². The van der Waals surface area contributed by atoms with Crippen molar-refractivity contribution in [3.8, 4) is 11.4 Å². The van der Waals surface area contributed by atoms with E-state index in [1.54, 1.807) is 21.7 Å². The van der Waals surface area contributed by atoms with E-state index in [0.717, 1.165) is 5.69 Å². The largest absolute Gasteiger partial charge is 0.464 e. The minimum Gasteiger partial charge on any atom is -0.464 e. The molecule has 0 aliphatic carbocycles. The zero-order chi connectivity index (χ0) is 18.1. The Balaban J connectivity index is 1.61. The number of aromatic amines is 1. The van der Waals surface area contributed by atoms with Gasteiger partial charge in [0.2, 0.25) is 0 Å². The highest BCUT2D eigenvalue weighted by atomic mass is 16.5. The van der Waals surface area contributed by atoms with Crippen LogP contribution in [0.15, 0.2) is 36.7 Å². The number of ether oxygens (including phenoxy) is 1. The summed E-state index contributed by atoms with van der Waals surface area (Å²) >= 11 is 0. The summed E-state index contributed by atoms with van der Waals surface area (Å²) in [4.78, 5) is 30.6. The van der Waals surface area contributed by atoms with Crippen molar-refractivity contribution in [2.75, 3.05) is 13.7 Å². The number of fused-ring (bicyclic) bond motifs is 1. The molecule has 0 atom stereocenters. The molecule has 2 aromatic heterocycles. The molecule has 0 unspecified atom stereocenters. The van der Waals surface area contributed by atoms with E-state index in [4.69, 9.17) is 4.74 Å². The summed E-state index contributed by atoms with van der Waals surface area (Å²) in [6.45, 7) is 1.38. The molecule has 0 saturated heterocycles. The molecule has 0 spiro atoms. The average molecular weight is 352 g/mol. The lowest BCUT2D eigenvalue weighted by Crippen LogP contribution is -2.38. The Labute approximate surface area is 148 Å². The van der Waals surface area contributed by atoms with Gasteiger partial charge in [-0.25, -0.2) is 9.78 Å². The molecule has 26 heavy (non-hydrogen) atoms. The smallest absolute Gasteiger partial charge is 0.358 e. The van der Waals surface area contributed by atoms with E-state index in [2.05, 4.69) is 20.3 Å². The molecule has 1 amide bonds. The number of hydrogen-bond acceptors (Lipinski definition) is 6. The molecule has 9 nitrogen and oxygen atoms in total. The predicted molar refractivity (Wildman–Crippen MR) is 90.1 cm³/mol. The van der Waals surface area contributed by atoms with Gasteiger partial charge in [-0.1, -0.05) is 18.2 Å². The van der Waals surface area contributed by atoms with Gasteiger partial charge in [-0.3, -0.25) is 14.6 Å². The Bertz CT molecular complexity index is 963. The van der Waals surface area contributed by atoms with Crippen molar-refractivity contribution >= 4 is 11.9 Å². The molecule has 0 fully saturated rings. The molecule has 0 bridgehead atoms. The molecule has 4 rings (SSSR count). The first-order valence-corrected chi connectivity index (χ1v) is 8.06. The maximum atomic E-state index is 13.1. The SMILES string of the molecule is COC(=O)c1cc2n(n1)CCN(C(=O)c1ccccc1-c1ncn[nH]1)C2. The van der Waals surface area contributed by atoms with Gasteiger partial charge in [-0.2, -0.15) is 10.2 Å². The Morgan fingerprint density at radius 3 is 2.85 bits per heavy atom. The van der Waals surface area contributed by atoms with Crippen molar-refractivity contribution in [2.45, 2.75) is 13.1 Å². The monoisotopic (exact) mass is 352 g/mol. The predicted octanol–water partition coefficient (Wildman–Crippen LogP) is 1.11. The maximum absolute atomic E-state index is 13.1. The number of H-pyrrole nitrogens is 1. The summed E-state index contributed by atoms with van der Waals surface area (Å²) in [6, 6.07) is 8.93. The zero-order valence-electron chi connectivity index (χ0n) is 14.0. The van der Waals surface area contributed by atoms with E-state index in [1.165, 1.54) is 13.4 Å². The molecule has 132 valence electrons. The lowest BCUT2D eigenvalue weighted by atomic mass is 10.1. The van der Waals surface area contributed by atoms with Crippen LogP contribution in [0, 0.1) is 0 Å². The molecule has 3 heterocycles. The molecule has 1 aromatic carbocycles. The lowest BCUT2D eigenvalue weighted by molar-refractivity contribution is 0.0591. The Morgan fingerprint density at radius 2 is 2.08 bits per heavy atom. The number of methoxy groups -OCH3 is 1. The quantitative estimate of drug-likeness (QED) is 0.708. The highest BCUT2D eigenvalue weighted by molar-refractivity contribution is 6.00. The molecule has 3 aromatic rings. The van der Waals surface area contributed by atoms with Crippen LogP contribution in [0.25, 0.3) is 11.4 Å². The number of benzene rings is 1. The summed E-state index contributed by atoms with van der Waals surface area (Å²) in [5, 5.41) is 10.9. The lowest BCUT2D eigenvalue weighted by Gasteiger charge is -2.28. The third-order valence-electron chi connectivity index (χ3n) is 4.31. The second-order valence-corrected chi connectivity index (χ2v) is 5.84. The summed E-state index contributed by atoms with van der Waals surface area (Å²) in [6.07, 6.45) is 1.41. The molecule has 9 heteroatoms. The minimum atomic E-state index is -0.486. The van der Waals surface area contributed by atoms with Crippen LogP contribution < -0.4 is 0 Å². The first-order valence-electron chi connectivity index (χ1n) is 8.06. The minimum absolute atomic E-state index is 0.107. The fourth-order valence-corrected chi connectivity index (χ4v) is 3.03. The molecular formula is C17H16N6O3. The van der Waals surface area contributed by atoms with Crippen molar-refractivity contribution < 1.29 is 14.3 Å². The van der Waals surface area contributed by atoms with Crippen molar-refractivity contribution in [1.82, 2.24) is 29.9 Å². The van der Waals surface area contributed by atoms with Crippen LogP contribution in [0.5, 0.6) is 0 Å². The zero-order valence-corrected chi connectivity index (χ0v) is 14.0. The molecule has 1 aliphatic heterocycles. The van der Waals surface area contributed by atoms with Gasteiger partial charge in [0.05, 0.1) is 31.5 Å². The number of hydrogen-bond donors (Lipinski definition) is 1. The maximum Gasteiger partial charge on any atom is 0.358 e. The first-order chi connectivity index (χ1) is 12.7. The van der Waals surface area contributed by atoms with E-state index < -0.39 is 5.97 Å². The standard InChI is InChI=1S/C17H16N6O3/c1-26-17(25)14-8-11-9-22(6-7-23(11)21-14)16(24)13-5-3-2-4-12(13)15-18-10-19-20-15/h2-5,8,10H,6-7,9H2,1H3,(H,18,19,20). The number of nitrogens with zero attached hydrogens (tertiary/aromatic N) is 5. The van der Waals surface area contributed by atoms with Crippen molar-refractivity contribution in [3.63, 3.8) is 0 Å². The van der Waals surface area contributed by atoms with Gasteiger partial charge in [-0.15, -0.1) is 0 Å². The average Bonchev–Trinajstić information content (AvgIpc) is 3.35. The van der Waals surface area contributed by atoms with Crippen LogP contribution in [0.2, 0.25) is 0 Å². The van der Waals surface area contributed by atoms with E-state index in [1.807, 2.05) is 18.2 Å².